The Balaban J connectivity index is 1.67. The maximum absolute atomic E-state index is 13.5. The van der Waals surface area contributed by atoms with Crippen molar-refractivity contribution in [2.24, 2.45) is 7.05 Å². The highest BCUT2D eigenvalue weighted by molar-refractivity contribution is 5.95. The minimum Gasteiger partial charge on any atom is -0.391 e. The second-order valence-electron chi connectivity index (χ2n) is 7.43. The highest BCUT2D eigenvalue weighted by atomic mass is 19.1. The molecule has 28 heavy (non-hydrogen) atoms. The third kappa shape index (κ3) is 3.75. The number of aliphatic hydroxyl groups is 1. The molecule has 4 rings (SSSR count). The number of amides is 1. The van der Waals surface area contributed by atoms with Crippen LogP contribution in [0.25, 0.3) is 11.0 Å². The molecule has 3 aromatic heterocycles. The van der Waals surface area contributed by atoms with Crippen molar-refractivity contribution >= 4 is 16.9 Å². The smallest absolute Gasteiger partial charge is 0.270 e. The molecule has 3 aromatic rings. The molecule has 6 nitrogen and oxygen atoms in total. The topological polar surface area (TPSA) is 80.0 Å². The SMILES string of the molecule is Cn1ccc2c(Cc3ccnc(F)c3)cc(C(=O)N[C@H]3CCCC[C@@H]3O)nc21. The molecule has 7 heteroatoms. The van der Waals surface area contributed by atoms with Gasteiger partial charge in [-0.15, -0.1) is 0 Å². The number of hydrogen-bond acceptors (Lipinski definition) is 4. The van der Waals surface area contributed by atoms with E-state index in [0.29, 0.717) is 24.2 Å². The summed E-state index contributed by atoms with van der Waals surface area (Å²) in [7, 11) is 1.87. The monoisotopic (exact) mass is 382 g/mol. The van der Waals surface area contributed by atoms with Crippen molar-refractivity contribution < 1.29 is 14.3 Å². The number of carbonyl (C=O) groups excluding carboxylic acids is 1. The Morgan fingerprint density at radius 2 is 2.14 bits per heavy atom. The Labute approximate surface area is 162 Å². The lowest BCUT2D eigenvalue weighted by molar-refractivity contribution is 0.0714. The van der Waals surface area contributed by atoms with Crippen LogP contribution in [0.3, 0.4) is 0 Å². The normalized spacial score (nSPS) is 19.7. The number of nitrogens with one attached hydrogen (secondary N) is 1. The summed E-state index contributed by atoms with van der Waals surface area (Å²) in [5.74, 6) is -0.823. The maximum Gasteiger partial charge on any atom is 0.270 e. The van der Waals surface area contributed by atoms with E-state index in [2.05, 4.69) is 15.3 Å². The molecule has 0 aromatic carbocycles. The van der Waals surface area contributed by atoms with Gasteiger partial charge in [-0.05, 0) is 54.7 Å². The van der Waals surface area contributed by atoms with Gasteiger partial charge < -0.3 is 15.0 Å². The van der Waals surface area contributed by atoms with Crippen LogP contribution in [-0.4, -0.2) is 37.7 Å². The van der Waals surface area contributed by atoms with Gasteiger partial charge in [0.05, 0.1) is 12.1 Å². The Bertz CT molecular complexity index is 1020. The number of rotatable bonds is 4. The van der Waals surface area contributed by atoms with Crippen LogP contribution in [0.5, 0.6) is 0 Å². The molecule has 0 radical (unpaired) electrons. The van der Waals surface area contributed by atoms with E-state index < -0.39 is 12.1 Å². The van der Waals surface area contributed by atoms with Crippen molar-refractivity contribution in [3.63, 3.8) is 0 Å². The number of aryl methyl sites for hydroxylation is 1. The Hall–Kier alpha value is -2.80. The molecule has 1 saturated carbocycles. The molecule has 1 aliphatic carbocycles. The van der Waals surface area contributed by atoms with Crippen molar-refractivity contribution in [1.82, 2.24) is 19.9 Å². The van der Waals surface area contributed by atoms with Gasteiger partial charge in [-0.2, -0.15) is 4.39 Å². The Morgan fingerprint density at radius 3 is 2.93 bits per heavy atom. The van der Waals surface area contributed by atoms with Gasteiger partial charge in [0, 0.05) is 24.8 Å². The van der Waals surface area contributed by atoms with Gasteiger partial charge in [0.1, 0.15) is 11.3 Å². The van der Waals surface area contributed by atoms with Gasteiger partial charge in [0.25, 0.3) is 5.91 Å². The first-order valence-corrected chi connectivity index (χ1v) is 9.55. The molecule has 0 saturated heterocycles. The highest BCUT2D eigenvalue weighted by Gasteiger charge is 2.25. The van der Waals surface area contributed by atoms with Crippen molar-refractivity contribution in [3.8, 4) is 0 Å². The van der Waals surface area contributed by atoms with E-state index in [4.69, 9.17) is 0 Å². The van der Waals surface area contributed by atoms with Crippen LogP contribution < -0.4 is 5.32 Å². The average molecular weight is 382 g/mol. The van der Waals surface area contributed by atoms with Gasteiger partial charge in [0.15, 0.2) is 0 Å². The number of hydrogen-bond donors (Lipinski definition) is 2. The van der Waals surface area contributed by atoms with Crippen molar-refractivity contribution in [1.29, 1.82) is 0 Å². The lowest BCUT2D eigenvalue weighted by atomic mass is 9.92. The van der Waals surface area contributed by atoms with Crippen molar-refractivity contribution in [3.05, 3.63) is 59.4 Å². The minimum absolute atomic E-state index is 0.245. The highest BCUT2D eigenvalue weighted by Crippen LogP contribution is 2.23. The molecule has 146 valence electrons. The van der Waals surface area contributed by atoms with Crippen LogP contribution in [0.15, 0.2) is 36.7 Å². The molecule has 1 fully saturated rings. The lowest BCUT2D eigenvalue weighted by Gasteiger charge is -2.28. The summed E-state index contributed by atoms with van der Waals surface area (Å²) in [6.07, 6.45) is 6.72. The first kappa shape index (κ1) is 18.6. The summed E-state index contributed by atoms with van der Waals surface area (Å²) in [6, 6.07) is 6.61. The number of aromatic nitrogens is 3. The standard InChI is InChI=1S/C21H23FN4O2/c1-26-9-7-15-14(10-13-6-8-23-19(22)11-13)12-17(24-20(15)26)21(28)25-16-4-2-3-5-18(16)27/h6-9,11-12,16,18,27H,2-5,10H2,1H3,(H,25,28)/t16-,18-/m0/s1. The minimum atomic E-state index is -0.528. The molecule has 0 unspecified atom stereocenters. The summed E-state index contributed by atoms with van der Waals surface area (Å²) in [6.45, 7) is 0. The number of aliphatic hydroxyl groups excluding tert-OH is 1. The first-order valence-electron chi connectivity index (χ1n) is 9.55. The van der Waals surface area contributed by atoms with Gasteiger partial charge in [-0.25, -0.2) is 9.97 Å². The molecule has 1 amide bonds. The van der Waals surface area contributed by atoms with E-state index >= 15 is 0 Å². The summed E-state index contributed by atoms with van der Waals surface area (Å²) in [4.78, 5) is 21.0. The van der Waals surface area contributed by atoms with Gasteiger partial charge in [-0.3, -0.25) is 4.79 Å². The second kappa shape index (κ2) is 7.67. The van der Waals surface area contributed by atoms with E-state index in [9.17, 15) is 14.3 Å². The fourth-order valence-electron chi connectivity index (χ4n) is 3.86. The van der Waals surface area contributed by atoms with Crippen LogP contribution in [0.4, 0.5) is 4.39 Å². The molecular formula is C21H23FN4O2. The number of pyridine rings is 2. The van der Waals surface area contributed by atoms with Crippen molar-refractivity contribution in [2.75, 3.05) is 0 Å². The van der Waals surface area contributed by atoms with Crippen LogP contribution >= 0.6 is 0 Å². The molecule has 1 aliphatic rings. The van der Waals surface area contributed by atoms with Gasteiger partial charge in [-0.1, -0.05) is 12.8 Å². The zero-order valence-corrected chi connectivity index (χ0v) is 15.7. The van der Waals surface area contributed by atoms with E-state index in [1.165, 1.54) is 12.3 Å². The molecule has 0 aliphatic heterocycles. The van der Waals surface area contributed by atoms with Gasteiger partial charge in [0.2, 0.25) is 5.95 Å². The molecule has 2 N–H and O–H groups in total. The summed E-state index contributed by atoms with van der Waals surface area (Å²) < 4.78 is 15.3. The third-order valence-corrected chi connectivity index (χ3v) is 5.39. The third-order valence-electron chi connectivity index (χ3n) is 5.39. The summed E-state index contributed by atoms with van der Waals surface area (Å²) in [5.41, 5.74) is 2.67. The number of nitrogens with zero attached hydrogens (tertiary/aromatic N) is 3. The molecule has 0 spiro atoms. The number of halogens is 1. The maximum atomic E-state index is 13.5. The lowest BCUT2D eigenvalue weighted by Crippen LogP contribution is -2.45. The predicted octanol–water partition coefficient (Wildman–Crippen LogP) is 2.73. The number of fused-ring (bicyclic) bond motifs is 1. The quantitative estimate of drug-likeness (QED) is 0.680. The first-order chi connectivity index (χ1) is 13.5. The van der Waals surface area contributed by atoms with Gasteiger partial charge >= 0.3 is 0 Å². The van der Waals surface area contributed by atoms with Crippen LogP contribution in [0.1, 0.15) is 47.3 Å². The number of carbonyl (C=O) groups is 1. The summed E-state index contributed by atoms with van der Waals surface area (Å²) >= 11 is 0. The largest absolute Gasteiger partial charge is 0.391 e. The zero-order chi connectivity index (χ0) is 19.7. The summed E-state index contributed by atoms with van der Waals surface area (Å²) in [5, 5.41) is 14.0. The Kier molecular flexibility index (Phi) is 5.09. The Morgan fingerprint density at radius 1 is 1.32 bits per heavy atom. The van der Waals surface area contributed by atoms with Crippen LogP contribution in [0.2, 0.25) is 0 Å². The van der Waals surface area contributed by atoms with E-state index in [1.807, 2.05) is 23.9 Å². The average Bonchev–Trinajstić information content (AvgIpc) is 3.05. The molecular weight excluding hydrogens is 359 g/mol. The second-order valence-corrected chi connectivity index (χ2v) is 7.43. The van der Waals surface area contributed by atoms with Crippen molar-refractivity contribution in [2.45, 2.75) is 44.2 Å². The fraction of sp³-hybridized carbons (Fsp3) is 0.381. The fourth-order valence-corrected chi connectivity index (χ4v) is 3.86. The van der Waals surface area contributed by atoms with E-state index in [0.717, 1.165) is 35.8 Å². The van der Waals surface area contributed by atoms with E-state index in [-0.39, 0.29) is 11.9 Å². The predicted molar refractivity (Wildman–Crippen MR) is 103 cm³/mol. The van der Waals surface area contributed by atoms with Crippen LogP contribution in [0, 0.1) is 5.95 Å². The zero-order valence-electron chi connectivity index (χ0n) is 15.7. The van der Waals surface area contributed by atoms with Crippen LogP contribution in [-0.2, 0) is 13.5 Å². The molecule has 3 heterocycles. The molecule has 0 bridgehead atoms. The molecule has 2 atom stereocenters. The van der Waals surface area contributed by atoms with E-state index in [1.54, 1.807) is 12.1 Å².